The summed E-state index contributed by atoms with van der Waals surface area (Å²) in [4.78, 5) is 17.4. The third-order valence-electron chi connectivity index (χ3n) is 3.74. The molecule has 140 valence electrons. The number of hydroxylamine groups is 1. The van der Waals surface area contributed by atoms with Gasteiger partial charge < -0.3 is 10.4 Å². The van der Waals surface area contributed by atoms with Crippen LogP contribution in [0.15, 0.2) is 30.3 Å². The second kappa shape index (κ2) is 9.24. The summed E-state index contributed by atoms with van der Waals surface area (Å²) < 4.78 is 28.4. The molecule has 0 spiro atoms. The second-order valence-electron chi connectivity index (χ2n) is 5.66. The number of carbonyl (C=O) groups is 1. The molecule has 0 fully saturated rings. The number of aryl methyl sites for hydroxylation is 1. The molecule has 2 rings (SSSR count). The Hall–Kier alpha value is -1.78. The first-order chi connectivity index (χ1) is 12.3. The van der Waals surface area contributed by atoms with Crippen molar-refractivity contribution in [3.63, 3.8) is 0 Å². The Balaban J connectivity index is 2.30. The smallest absolute Gasteiger partial charge is 0.277 e. The van der Waals surface area contributed by atoms with E-state index in [1.54, 1.807) is 13.0 Å². The first-order valence-corrected chi connectivity index (χ1v) is 9.02. The van der Waals surface area contributed by atoms with Crippen LogP contribution in [0.2, 0.25) is 0 Å². The molecule has 0 saturated carbocycles. The lowest BCUT2D eigenvalue weighted by Crippen LogP contribution is -2.31. The molecule has 0 aromatic heterocycles. The van der Waals surface area contributed by atoms with Crippen LogP contribution < -0.4 is 10.8 Å². The molecule has 26 heavy (non-hydrogen) atoms. The molecular formula is C18H19F2IN2O3. The minimum absolute atomic E-state index is 0.103. The monoisotopic (exact) mass is 476 g/mol. The third kappa shape index (κ3) is 5.12. The fourth-order valence-electron chi connectivity index (χ4n) is 2.19. The largest absolute Gasteiger partial charge is 0.394 e. The maximum Gasteiger partial charge on any atom is 0.277 e. The Labute approximate surface area is 163 Å². The standard InChI is InChI=1S/C18H19F2IN2O3/c1-3-12(9-24)26-23-18(25)13-7-14(19)15(20)8-17(13)22-16-5-4-11(21)6-10(16)2/h4-8,12,22,24H,3,9H2,1-2H3,(H,23,25). The van der Waals surface area contributed by atoms with Gasteiger partial charge in [-0.2, -0.15) is 0 Å². The zero-order valence-corrected chi connectivity index (χ0v) is 16.4. The number of rotatable bonds is 7. The molecule has 3 N–H and O–H groups in total. The number of aliphatic hydroxyl groups excluding tert-OH is 1. The van der Waals surface area contributed by atoms with Crippen LogP contribution >= 0.6 is 22.6 Å². The maximum absolute atomic E-state index is 13.7. The molecule has 0 heterocycles. The number of benzene rings is 2. The average molecular weight is 476 g/mol. The lowest BCUT2D eigenvalue weighted by Gasteiger charge is -2.16. The van der Waals surface area contributed by atoms with Gasteiger partial charge in [-0.15, -0.1) is 0 Å². The quantitative estimate of drug-likeness (QED) is 0.417. The highest BCUT2D eigenvalue weighted by Gasteiger charge is 2.18. The van der Waals surface area contributed by atoms with E-state index in [9.17, 15) is 13.6 Å². The molecule has 0 saturated heterocycles. The first kappa shape index (κ1) is 20.5. The van der Waals surface area contributed by atoms with Gasteiger partial charge in [0.05, 0.1) is 17.9 Å². The zero-order chi connectivity index (χ0) is 19.3. The highest BCUT2D eigenvalue weighted by atomic mass is 127. The van der Waals surface area contributed by atoms with Crippen LogP contribution in [0.1, 0.15) is 29.3 Å². The summed E-state index contributed by atoms with van der Waals surface area (Å²) in [6.45, 7) is 3.36. The van der Waals surface area contributed by atoms with Gasteiger partial charge in [-0.25, -0.2) is 14.3 Å². The van der Waals surface area contributed by atoms with Crippen LogP contribution in [-0.4, -0.2) is 23.7 Å². The van der Waals surface area contributed by atoms with Crippen LogP contribution in [0.4, 0.5) is 20.2 Å². The molecule has 8 heteroatoms. The summed E-state index contributed by atoms with van der Waals surface area (Å²) in [7, 11) is 0. The fourth-order valence-corrected chi connectivity index (χ4v) is 2.84. The third-order valence-corrected chi connectivity index (χ3v) is 4.41. The van der Waals surface area contributed by atoms with Gasteiger partial charge >= 0.3 is 0 Å². The van der Waals surface area contributed by atoms with E-state index >= 15 is 0 Å². The highest BCUT2D eigenvalue weighted by molar-refractivity contribution is 14.1. The maximum atomic E-state index is 13.7. The van der Waals surface area contributed by atoms with Crippen molar-refractivity contribution in [1.29, 1.82) is 0 Å². The molecular weight excluding hydrogens is 457 g/mol. The van der Waals surface area contributed by atoms with Crippen molar-refractivity contribution < 1.29 is 23.5 Å². The molecule has 2 aromatic rings. The van der Waals surface area contributed by atoms with Gasteiger partial charge in [-0.1, -0.05) is 6.92 Å². The van der Waals surface area contributed by atoms with Gasteiger partial charge in [-0.3, -0.25) is 9.63 Å². The number of amides is 1. The summed E-state index contributed by atoms with van der Waals surface area (Å²) in [6, 6.07) is 7.28. The molecule has 5 nitrogen and oxygen atoms in total. The molecule has 0 aliphatic carbocycles. The van der Waals surface area contributed by atoms with Gasteiger partial charge in [0, 0.05) is 15.3 Å². The summed E-state index contributed by atoms with van der Waals surface area (Å²) in [5.74, 6) is -2.97. The predicted octanol–water partition coefficient (Wildman–Crippen LogP) is 4.05. The average Bonchev–Trinajstić information content (AvgIpc) is 2.61. The lowest BCUT2D eigenvalue weighted by atomic mass is 10.1. The Morgan fingerprint density at radius 3 is 2.54 bits per heavy atom. The number of carbonyl (C=O) groups excluding carboxylic acids is 1. The van der Waals surface area contributed by atoms with E-state index in [0.29, 0.717) is 12.1 Å². The van der Waals surface area contributed by atoms with Crippen molar-refractivity contribution in [3.8, 4) is 0 Å². The second-order valence-corrected chi connectivity index (χ2v) is 6.90. The van der Waals surface area contributed by atoms with Crippen molar-refractivity contribution in [2.24, 2.45) is 0 Å². The Kier molecular flexibility index (Phi) is 7.30. The van der Waals surface area contributed by atoms with Crippen molar-refractivity contribution in [2.75, 3.05) is 11.9 Å². The van der Waals surface area contributed by atoms with Gasteiger partial charge in [0.2, 0.25) is 0 Å². The molecule has 1 atom stereocenters. The van der Waals surface area contributed by atoms with E-state index in [1.807, 2.05) is 19.1 Å². The van der Waals surface area contributed by atoms with Crippen LogP contribution in [-0.2, 0) is 4.84 Å². The molecule has 1 unspecified atom stereocenters. The van der Waals surface area contributed by atoms with E-state index in [4.69, 9.17) is 9.94 Å². The first-order valence-electron chi connectivity index (χ1n) is 7.94. The number of halogens is 3. The van der Waals surface area contributed by atoms with Crippen molar-refractivity contribution >= 4 is 39.9 Å². The minimum Gasteiger partial charge on any atom is -0.394 e. The van der Waals surface area contributed by atoms with E-state index in [-0.39, 0.29) is 17.9 Å². The van der Waals surface area contributed by atoms with E-state index in [1.165, 1.54) is 0 Å². The topological polar surface area (TPSA) is 70.6 Å². The highest BCUT2D eigenvalue weighted by Crippen LogP contribution is 2.27. The summed E-state index contributed by atoms with van der Waals surface area (Å²) in [6.07, 6.45) is -0.110. The van der Waals surface area contributed by atoms with Crippen molar-refractivity contribution in [3.05, 3.63) is 56.7 Å². The molecule has 0 bridgehead atoms. The Morgan fingerprint density at radius 1 is 1.23 bits per heavy atom. The SMILES string of the molecule is CCC(CO)ONC(=O)c1cc(F)c(F)cc1Nc1ccc(I)cc1C. The van der Waals surface area contributed by atoms with E-state index in [2.05, 4.69) is 33.4 Å². The van der Waals surface area contributed by atoms with Gasteiger partial charge in [0.25, 0.3) is 5.91 Å². The van der Waals surface area contributed by atoms with Crippen LogP contribution in [0.25, 0.3) is 0 Å². The Bertz CT molecular complexity index is 798. The number of hydrogen-bond donors (Lipinski definition) is 3. The van der Waals surface area contributed by atoms with Gasteiger partial charge in [0.1, 0.15) is 6.10 Å². The molecule has 2 aromatic carbocycles. The van der Waals surface area contributed by atoms with E-state index < -0.39 is 23.6 Å². The molecule has 0 radical (unpaired) electrons. The van der Waals surface area contributed by atoms with Crippen molar-refractivity contribution in [2.45, 2.75) is 26.4 Å². The number of anilines is 2. The van der Waals surface area contributed by atoms with Gasteiger partial charge in [-0.05, 0) is 65.8 Å². The predicted molar refractivity (Wildman–Crippen MR) is 103 cm³/mol. The number of aliphatic hydroxyl groups is 1. The minimum atomic E-state index is -1.14. The van der Waals surface area contributed by atoms with Crippen LogP contribution in [0.3, 0.4) is 0 Å². The fraction of sp³-hybridized carbons (Fsp3) is 0.278. The zero-order valence-electron chi connectivity index (χ0n) is 14.3. The Morgan fingerprint density at radius 2 is 1.92 bits per heavy atom. The molecule has 0 aliphatic heterocycles. The summed E-state index contributed by atoms with van der Waals surface area (Å²) in [5.41, 5.74) is 3.70. The van der Waals surface area contributed by atoms with Gasteiger partial charge in [0.15, 0.2) is 11.6 Å². The van der Waals surface area contributed by atoms with Crippen LogP contribution in [0, 0.1) is 22.1 Å². The number of nitrogens with one attached hydrogen (secondary N) is 2. The summed E-state index contributed by atoms with van der Waals surface area (Å²) in [5, 5.41) is 12.1. The number of hydrogen-bond acceptors (Lipinski definition) is 4. The summed E-state index contributed by atoms with van der Waals surface area (Å²) >= 11 is 2.17. The van der Waals surface area contributed by atoms with Crippen LogP contribution in [0.5, 0.6) is 0 Å². The molecule has 0 aliphatic rings. The van der Waals surface area contributed by atoms with Crippen molar-refractivity contribution in [1.82, 2.24) is 5.48 Å². The van der Waals surface area contributed by atoms with E-state index in [0.717, 1.165) is 21.3 Å². The normalized spacial score (nSPS) is 11.9. The molecule has 1 amide bonds. The lowest BCUT2D eigenvalue weighted by molar-refractivity contribution is -0.0408.